The lowest BCUT2D eigenvalue weighted by Crippen LogP contribution is -2.42. The molecule has 1 fully saturated rings. The molecule has 2 rings (SSSR count). The number of carbonyl (C=O) groups excluding carboxylic acids is 1. The van der Waals surface area contributed by atoms with Crippen LogP contribution in [0.2, 0.25) is 5.02 Å². The van der Waals surface area contributed by atoms with Gasteiger partial charge < -0.3 is 9.47 Å². The number of Topliss-reactive ketones (excluding diaryl/α,β-unsaturated/α-hetero) is 1. The van der Waals surface area contributed by atoms with Gasteiger partial charge in [-0.05, 0) is 26.0 Å². The van der Waals surface area contributed by atoms with Gasteiger partial charge in [-0.2, -0.15) is 0 Å². The molecule has 0 radical (unpaired) electrons. The first-order valence-corrected chi connectivity index (χ1v) is 5.93. The Morgan fingerprint density at radius 2 is 2.00 bits per heavy atom. The van der Waals surface area contributed by atoms with E-state index >= 15 is 0 Å². The predicted molar refractivity (Wildman–Crippen MR) is 65.3 cm³/mol. The molecule has 0 N–H and O–H groups in total. The first kappa shape index (κ1) is 12.6. The van der Waals surface area contributed by atoms with Crippen LogP contribution in [0.4, 0.5) is 0 Å². The zero-order valence-electron chi connectivity index (χ0n) is 9.90. The predicted octanol–water partition coefficient (Wildman–Crippen LogP) is 2.92. The van der Waals surface area contributed by atoms with Crippen molar-refractivity contribution in [1.29, 1.82) is 0 Å². The summed E-state index contributed by atoms with van der Waals surface area (Å²) in [4.78, 5) is 12.1. The zero-order chi connectivity index (χ0) is 12.5. The molecule has 0 spiro atoms. The second-order valence-corrected chi connectivity index (χ2v) is 5.03. The number of ketones is 1. The molecule has 17 heavy (non-hydrogen) atoms. The summed E-state index contributed by atoms with van der Waals surface area (Å²) in [6.07, 6.45) is 0. The van der Waals surface area contributed by atoms with Crippen molar-refractivity contribution in [1.82, 2.24) is 0 Å². The third-order valence-electron chi connectivity index (χ3n) is 2.74. The average Bonchev–Trinajstić information content (AvgIpc) is 2.28. The Labute approximate surface area is 106 Å². The minimum Gasteiger partial charge on any atom is -0.350 e. The van der Waals surface area contributed by atoms with E-state index < -0.39 is 5.79 Å². The summed E-state index contributed by atoms with van der Waals surface area (Å²) in [6.45, 7) is 4.46. The van der Waals surface area contributed by atoms with Gasteiger partial charge in [0, 0.05) is 10.6 Å². The molecule has 0 aliphatic carbocycles. The maximum atomic E-state index is 12.1. The van der Waals surface area contributed by atoms with E-state index in [1.165, 1.54) is 0 Å². The number of hydrogen-bond donors (Lipinski definition) is 0. The molecule has 1 aliphatic heterocycles. The number of ether oxygens (including phenoxy) is 2. The van der Waals surface area contributed by atoms with Gasteiger partial charge in [0.15, 0.2) is 11.6 Å². The highest BCUT2D eigenvalue weighted by Gasteiger charge is 2.32. The highest BCUT2D eigenvalue weighted by Crippen LogP contribution is 2.23. The van der Waals surface area contributed by atoms with E-state index in [4.69, 9.17) is 21.1 Å². The molecule has 1 heterocycles. The Balaban J connectivity index is 2.07. The van der Waals surface area contributed by atoms with Gasteiger partial charge in [-0.3, -0.25) is 4.79 Å². The minimum absolute atomic E-state index is 0.0167. The van der Waals surface area contributed by atoms with Crippen LogP contribution in [0.25, 0.3) is 0 Å². The number of rotatable bonds is 2. The van der Waals surface area contributed by atoms with Crippen molar-refractivity contribution in [3.63, 3.8) is 0 Å². The molecule has 0 saturated carbocycles. The van der Waals surface area contributed by atoms with Crippen molar-refractivity contribution < 1.29 is 14.3 Å². The van der Waals surface area contributed by atoms with Gasteiger partial charge in [-0.1, -0.05) is 23.7 Å². The van der Waals surface area contributed by atoms with Gasteiger partial charge in [-0.25, -0.2) is 0 Å². The second kappa shape index (κ2) is 4.77. The van der Waals surface area contributed by atoms with Crippen LogP contribution in [0.1, 0.15) is 24.2 Å². The summed E-state index contributed by atoms with van der Waals surface area (Å²) in [5, 5.41) is 0.564. The summed E-state index contributed by atoms with van der Waals surface area (Å²) in [5.74, 6) is -0.824. The molecule has 1 aliphatic rings. The zero-order valence-corrected chi connectivity index (χ0v) is 10.7. The highest BCUT2D eigenvalue weighted by atomic mass is 35.5. The smallest absolute Gasteiger partial charge is 0.170 e. The Morgan fingerprint density at radius 1 is 1.35 bits per heavy atom. The maximum absolute atomic E-state index is 12.1. The monoisotopic (exact) mass is 254 g/mol. The fraction of sp³-hybridized carbons (Fsp3) is 0.462. The lowest BCUT2D eigenvalue weighted by molar-refractivity contribution is -0.255. The van der Waals surface area contributed by atoms with Gasteiger partial charge in [-0.15, -0.1) is 0 Å². The van der Waals surface area contributed by atoms with E-state index in [0.717, 1.165) is 0 Å². The molecule has 0 aromatic heterocycles. The Hall–Kier alpha value is -0.900. The molecule has 1 aromatic carbocycles. The number of benzene rings is 1. The molecule has 1 aromatic rings. The van der Waals surface area contributed by atoms with Crippen molar-refractivity contribution in [2.45, 2.75) is 19.6 Å². The van der Waals surface area contributed by atoms with Crippen LogP contribution in [0.3, 0.4) is 0 Å². The molecule has 0 unspecified atom stereocenters. The standard InChI is InChI=1S/C13H15ClO3/c1-13(2)16-7-10(8-17-13)12(15)9-4-3-5-11(14)6-9/h3-6,10H,7-8H2,1-2H3. The van der Waals surface area contributed by atoms with Crippen LogP contribution < -0.4 is 0 Å². The van der Waals surface area contributed by atoms with E-state index in [9.17, 15) is 4.79 Å². The van der Waals surface area contributed by atoms with Crippen LogP contribution in [0.5, 0.6) is 0 Å². The van der Waals surface area contributed by atoms with Crippen molar-refractivity contribution in [2.75, 3.05) is 13.2 Å². The van der Waals surface area contributed by atoms with Crippen LogP contribution in [-0.4, -0.2) is 24.8 Å². The Bertz CT molecular complexity index is 418. The molecular formula is C13H15ClO3. The molecule has 4 heteroatoms. The van der Waals surface area contributed by atoms with Crippen LogP contribution in [0, 0.1) is 5.92 Å². The largest absolute Gasteiger partial charge is 0.350 e. The second-order valence-electron chi connectivity index (χ2n) is 4.59. The third-order valence-corrected chi connectivity index (χ3v) is 2.98. The maximum Gasteiger partial charge on any atom is 0.170 e. The number of halogens is 1. The molecule has 92 valence electrons. The van der Waals surface area contributed by atoms with E-state index in [1.54, 1.807) is 24.3 Å². The number of carbonyl (C=O) groups is 1. The molecule has 0 bridgehead atoms. The van der Waals surface area contributed by atoms with E-state index in [0.29, 0.717) is 23.8 Å². The average molecular weight is 255 g/mol. The quantitative estimate of drug-likeness (QED) is 0.762. The van der Waals surface area contributed by atoms with Crippen LogP contribution >= 0.6 is 11.6 Å². The van der Waals surface area contributed by atoms with Gasteiger partial charge >= 0.3 is 0 Å². The lowest BCUT2D eigenvalue weighted by Gasteiger charge is -2.34. The SMILES string of the molecule is CC1(C)OCC(C(=O)c2cccc(Cl)c2)CO1. The normalized spacial score (nSPS) is 20.2. The van der Waals surface area contributed by atoms with Crippen molar-refractivity contribution >= 4 is 17.4 Å². The van der Waals surface area contributed by atoms with Crippen molar-refractivity contribution in [3.8, 4) is 0 Å². The summed E-state index contributed by atoms with van der Waals surface area (Å²) in [7, 11) is 0. The van der Waals surface area contributed by atoms with Crippen molar-refractivity contribution in [2.24, 2.45) is 5.92 Å². The third kappa shape index (κ3) is 3.06. The lowest BCUT2D eigenvalue weighted by atomic mass is 9.98. The highest BCUT2D eigenvalue weighted by molar-refractivity contribution is 6.31. The summed E-state index contributed by atoms with van der Waals surface area (Å²) >= 11 is 5.86. The summed E-state index contributed by atoms with van der Waals surface area (Å²) in [5.41, 5.74) is 0.606. The van der Waals surface area contributed by atoms with Gasteiger partial charge in [0.05, 0.1) is 19.1 Å². The first-order valence-electron chi connectivity index (χ1n) is 5.56. The van der Waals surface area contributed by atoms with Crippen LogP contribution in [0.15, 0.2) is 24.3 Å². The van der Waals surface area contributed by atoms with E-state index in [2.05, 4.69) is 0 Å². The van der Waals surface area contributed by atoms with Gasteiger partial charge in [0.2, 0.25) is 0 Å². The Morgan fingerprint density at radius 3 is 2.59 bits per heavy atom. The molecule has 0 atom stereocenters. The molecular weight excluding hydrogens is 240 g/mol. The fourth-order valence-corrected chi connectivity index (χ4v) is 1.91. The van der Waals surface area contributed by atoms with Gasteiger partial charge in [0.1, 0.15) is 0 Å². The molecule has 1 saturated heterocycles. The summed E-state index contributed by atoms with van der Waals surface area (Å²) in [6, 6.07) is 6.94. The molecule has 0 amide bonds. The molecule has 3 nitrogen and oxygen atoms in total. The fourth-order valence-electron chi connectivity index (χ4n) is 1.72. The van der Waals surface area contributed by atoms with Crippen molar-refractivity contribution in [3.05, 3.63) is 34.9 Å². The van der Waals surface area contributed by atoms with E-state index in [-0.39, 0.29) is 11.7 Å². The summed E-state index contributed by atoms with van der Waals surface area (Å²) < 4.78 is 10.9. The first-order chi connectivity index (χ1) is 7.98. The minimum atomic E-state index is -0.592. The number of hydrogen-bond acceptors (Lipinski definition) is 3. The van der Waals surface area contributed by atoms with Gasteiger partial charge in [0.25, 0.3) is 0 Å². The topological polar surface area (TPSA) is 35.5 Å². The van der Waals surface area contributed by atoms with E-state index in [1.807, 2.05) is 13.8 Å². The Kier molecular flexibility index (Phi) is 3.52. The van der Waals surface area contributed by atoms with Crippen LogP contribution in [-0.2, 0) is 9.47 Å².